The first kappa shape index (κ1) is 17.5. The molecular weight excluding hydrogens is 312 g/mol. The van der Waals surface area contributed by atoms with Crippen LogP contribution in [0.5, 0.6) is 0 Å². The molecule has 0 saturated heterocycles. The molecule has 0 rings (SSSR count). The molecule has 0 aromatic rings. The van der Waals surface area contributed by atoms with Crippen LogP contribution in [-0.4, -0.2) is 52.6 Å². The number of hydrogen-bond acceptors (Lipinski definition) is 4. The molecule has 12 heteroatoms. The van der Waals surface area contributed by atoms with Crippen LogP contribution in [0.1, 0.15) is 6.42 Å². The Morgan fingerprint density at radius 1 is 1.29 bits per heavy atom. The fourth-order valence-corrected chi connectivity index (χ4v) is 3.21. The number of nitrogens with zero attached hydrogens (tertiary/aromatic N) is 1. The first-order chi connectivity index (χ1) is 7.33. The second kappa shape index (κ2) is 5.64. The van der Waals surface area contributed by atoms with Gasteiger partial charge in [-0.2, -0.15) is 0 Å². The van der Waals surface area contributed by atoms with Crippen LogP contribution in [-0.2, 0) is 9.13 Å². The van der Waals surface area contributed by atoms with E-state index < -0.39 is 26.7 Å². The molecule has 0 fully saturated rings. The summed E-state index contributed by atoms with van der Waals surface area (Å²) in [6, 6.07) is 0. The van der Waals surface area contributed by atoms with Crippen LogP contribution < -0.4 is 0 Å². The van der Waals surface area contributed by atoms with E-state index in [1.807, 2.05) is 0 Å². The molecule has 8 nitrogen and oxygen atoms in total. The van der Waals surface area contributed by atoms with Gasteiger partial charge in [-0.25, -0.2) is 0 Å². The molecule has 0 unspecified atom stereocenters. The summed E-state index contributed by atoms with van der Waals surface area (Å²) >= 11 is 8.37. The van der Waals surface area contributed by atoms with E-state index in [-0.39, 0.29) is 10.9 Å². The van der Waals surface area contributed by atoms with Gasteiger partial charge in [-0.1, -0.05) is 12.2 Å². The summed E-state index contributed by atoms with van der Waals surface area (Å²) in [7, 11) is -9.40. The maximum atomic E-state index is 11.0. The number of thiocarbonyl (C=S) groups is 1. The van der Waals surface area contributed by atoms with Crippen molar-refractivity contribution < 1.29 is 33.8 Å². The Kier molecular flexibility index (Phi) is 5.81. The van der Waals surface area contributed by atoms with E-state index in [1.165, 1.54) is 11.9 Å². The average Bonchev–Trinajstić information content (AvgIpc) is 2.09. The molecule has 0 amide bonds. The fourth-order valence-electron chi connectivity index (χ4n) is 0.874. The van der Waals surface area contributed by atoms with Crippen LogP contribution in [0.15, 0.2) is 0 Å². The van der Waals surface area contributed by atoms with Gasteiger partial charge in [-0.05, 0) is 0 Å². The molecule has 0 aromatic heterocycles. The third kappa shape index (κ3) is 4.27. The standard InChI is InChI=1S/C5H13NO7P2S2/c1-6(4(16)17)3-2-5(7,14(8,9)10)15(11,12)13/h7H,2-3H2,1H3,(H,16,17)(H2,8,9,10)(H2,11,12,13). The lowest BCUT2D eigenvalue weighted by atomic mass is 10.4. The van der Waals surface area contributed by atoms with Gasteiger partial charge in [-0.3, -0.25) is 9.13 Å². The van der Waals surface area contributed by atoms with Gasteiger partial charge in [0.25, 0.3) is 5.08 Å². The average molecular weight is 325 g/mol. The van der Waals surface area contributed by atoms with Crippen molar-refractivity contribution in [3.05, 3.63) is 0 Å². The molecule has 102 valence electrons. The van der Waals surface area contributed by atoms with Crippen molar-refractivity contribution in [1.29, 1.82) is 0 Å². The van der Waals surface area contributed by atoms with E-state index in [0.29, 0.717) is 0 Å². The van der Waals surface area contributed by atoms with Gasteiger partial charge in [0.2, 0.25) is 0 Å². The third-order valence-electron chi connectivity index (χ3n) is 2.04. The summed E-state index contributed by atoms with van der Waals surface area (Å²) in [5, 5.41) is 6.08. The lowest BCUT2D eigenvalue weighted by Crippen LogP contribution is -2.34. The zero-order valence-corrected chi connectivity index (χ0v) is 12.2. The van der Waals surface area contributed by atoms with Crippen molar-refractivity contribution in [2.24, 2.45) is 0 Å². The minimum atomic E-state index is -5.40. The number of rotatable bonds is 5. The highest BCUT2D eigenvalue weighted by molar-refractivity contribution is 8.10. The summed E-state index contributed by atoms with van der Waals surface area (Å²) in [6.07, 6.45) is -0.848. The molecule has 5 N–H and O–H groups in total. The van der Waals surface area contributed by atoms with Crippen LogP contribution in [0.25, 0.3) is 0 Å². The molecule has 0 aliphatic carbocycles. The maximum Gasteiger partial charge on any atom is 0.369 e. The second-order valence-corrected chi connectivity index (χ2v) is 8.44. The predicted molar refractivity (Wildman–Crippen MR) is 67.9 cm³/mol. The lowest BCUT2D eigenvalue weighted by Gasteiger charge is -2.30. The zero-order chi connectivity index (χ0) is 14.1. The highest BCUT2D eigenvalue weighted by Gasteiger charge is 2.58. The zero-order valence-electron chi connectivity index (χ0n) is 8.66. The largest absolute Gasteiger partial charge is 0.369 e. The molecule has 0 radical (unpaired) electrons. The van der Waals surface area contributed by atoms with E-state index in [2.05, 4.69) is 24.8 Å². The summed E-state index contributed by atoms with van der Waals surface area (Å²) in [6.45, 7) is -0.269. The summed E-state index contributed by atoms with van der Waals surface area (Å²) in [5.74, 6) is 0. The van der Waals surface area contributed by atoms with Crippen molar-refractivity contribution >= 4 is 44.4 Å². The van der Waals surface area contributed by atoms with Crippen LogP contribution in [0.3, 0.4) is 0 Å². The maximum absolute atomic E-state index is 11.0. The summed E-state index contributed by atoms with van der Waals surface area (Å²) in [4.78, 5) is 36.5. The first-order valence-corrected chi connectivity index (χ1v) is 8.18. The first-order valence-electron chi connectivity index (χ1n) is 4.10. The molecular formula is C5H13NO7P2S2. The molecule has 0 aromatic carbocycles. The quantitative estimate of drug-likeness (QED) is 0.225. The van der Waals surface area contributed by atoms with Crippen molar-refractivity contribution in [2.45, 2.75) is 11.5 Å². The Balaban J connectivity index is 5.08. The molecule has 0 saturated carbocycles. The van der Waals surface area contributed by atoms with Gasteiger partial charge in [0.1, 0.15) is 4.32 Å². The minimum Gasteiger partial charge on any atom is -0.367 e. The topological polar surface area (TPSA) is 139 Å². The molecule has 17 heavy (non-hydrogen) atoms. The molecule has 0 bridgehead atoms. The van der Waals surface area contributed by atoms with Crippen molar-refractivity contribution in [3.63, 3.8) is 0 Å². The Morgan fingerprint density at radius 2 is 1.65 bits per heavy atom. The van der Waals surface area contributed by atoms with Crippen LogP contribution >= 0.6 is 40.0 Å². The van der Waals surface area contributed by atoms with E-state index in [1.54, 1.807) is 0 Å². The highest BCUT2D eigenvalue weighted by Crippen LogP contribution is 2.68. The van der Waals surface area contributed by atoms with E-state index in [4.69, 9.17) is 19.6 Å². The van der Waals surface area contributed by atoms with Gasteiger partial charge in [0, 0.05) is 20.0 Å². The predicted octanol–water partition coefficient (Wildman–Crippen LogP) is -0.476. The molecule has 0 heterocycles. The van der Waals surface area contributed by atoms with Gasteiger partial charge in [0.05, 0.1) is 0 Å². The van der Waals surface area contributed by atoms with Gasteiger partial charge in [-0.15, -0.1) is 12.6 Å². The Morgan fingerprint density at radius 3 is 1.88 bits per heavy atom. The molecule has 0 spiro atoms. The van der Waals surface area contributed by atoms with Crippen molar-refractivity contribution in [2.75, 3.05) is 13.6 Å². The smallest absolute Gasteiger partial charge is 0.367 e. The number of thiol groups is 1. The lowest BCUT2D eigenvalue weighted by molar-refractivity contribution is 0.118. The van der Waals surface area contributed by atoms with Crippen LogP contribution in [0.4, 0.5) is 0 Å². The van der Waals surface area contributed by atoms with E-state index >= 15 is 0 Å². The van der Waals surface area contributed by atoms with Crippen molar-refractivity contribution in [1.82, 2.24) is 4.90 Å². The monoisotopic (exact) mass is 325 g/mol. The van der Waals surface area contributed by atoms with Crippen molar-refractivity contribution in [3.8, 4) is 0 Å². The Hall–Kier alpha value is 0.500. The molecule has 0 aliphatic heterocycles. The minimum absolute atomic E-state index is 0.0590. The normalized spacial score (nSPS) is 13.6. The van der Waals surface area contributed by atoms with Gasteiger partial charge < -0.3 is 29.6 Å². The third-order valence-corrected chi connectivity index (χ3v) is 6.57. The highest BCUT2D eigenvalue weighted by atomic mass is 32.1. The number of aliphatic hydroxyl groups is 1. The van der Waals surface area contributed by atoms with E-state index in [9.17, 15) is 14.2 Å². The fraction of sp³-hybridized carbons (Fsp3) is 0.800. The number of hydrogen-bond donors (Lipinski definition) is 6. The SMILES string of the molecule is CN(CCC(O)(P(=O)(O)O)P(=O)(O)O)C(=S)S. The Labute approximate surface area is 108 Å². The second-order valence-electron chi connectivity index (χ2n) is 3.32. The van der Waals surface area contributed by atoms with Crippen LogP contribution in [0, 0.1) is 0 Å². The summed E-state index contributed by atoms with van der Waals surface area (Å²) in [5.41, 5.74) is 0. The van der Waals surface area contributed by atoms with Gasteiger partial charge in [0.15, 0.2) is 0 Å². The van der Waals surface area contributed by atoms with Crippen LogP contribution in [0.2, 0.25) is 0 Å². The molecule has 0 atom stereocenters. The van der Waals surface area contributed by atoms with Gasteiger partial charge >= 0.3 is 15.2 Å². The summed E-state index contributed by atoms with van der Waals surface area (Å²) < 4.78 is 22.0. The Bertz CT molecular complexity index is 368. The van der Waals surface area contributed by atoms with E-state index in [0.717, 1.165) is 0 Å². The molecule has 0 aliphatic rings.